The summed E-state index contributed by atoms with van der Waals surface area (Å²) in [6, 6.07) is 12.3. The predicted molar refractivity (Wildman–Crippen MR) is 110 cm³/mol. The monoisotopic (exact) mass is 379 g/mol. The van der Waals surface area contributed by atoms with Crippen molar-refractivity contribution in [3.63, 3.8) is 0 Å². The Morgan fingerprint density at radius 2 is 1.61 bits per heavy atom. The molecule has 5 nitrogen and oxygen atoms in total. The number of aromatic nitrogens is 1. The molecule has 0 saturated heterocycles. The normalized spacial score (nSPS) is 17.2. The van der Waals surface area contributed by atoms with E-state index in [1.807, 2.05) is 47.5 Å². The molecule has 2 heterocycles. The third kappa shape index (κ3) is 4.13. The Kier molecular flexibility index (Phi) is 5.79. The van der Waals surface area contributed by atoms with Crippen LogP contribution in [0.2, 0.25) is 0 Å². The van der Waals surface area contributed by atoms with Crippen LogP contribution in [0, 0.1) is 0 Å². The van der Waals surface area contributed by atoms with Crippen LogP contribution >= 0.6 is 0 Å². The number of nitrogens with zero attached hydrogens (tertiary/aromatic N) is 2. The van der Waals surface area contributed by atoms with Crippen molar-refractivity contribution in [3.8, 4) is 5.69 Å². The molecule has 1 aliphatic heterocycles. The maximum Gasteiger partial charge on any atom is 0.227 e. The van der Waals surface area contributed by atoms with Crippen molar-refractivity contribution in [2.24, 2.45) is 0 Å². The molecule has 2 aliphatic rings. The Morgan fingerprint density at radius 1 is 0.893 bits per heavy atom. The third-order valence-corrected chi connectivity index (χ3v) is 5.92. The Hall–Kier alpha value is -2.56. The van der Waals surface area contributed by atoms with Gasteiger partial charge in [-0.25, -0.2) is 0 Å². The highest BCUT2D eigenvalue weighted by Crippen LogP contribution is 2.32. The second kappa shape index (κ2) is 8.63. The zero-order chi connectivity index (χ0) is 19.3. The second-order valence-corrected chi connectivity index (χ2v) is 7.95. The number of anilines is 1. The maximum absolute atomic E-state index is 12.9. The number of para-hydroxylation sites is 2. The van der Waals surface area contributed by atoms with E-state index in [1.54, 1.807) is 0 Å². The lowest BCUT2D eigenvalue weighted by Gasteiger charge is -2.31. The topological polar surface area (TPSA) is 54.3 Å². The SMILES string of the molecule is O=C(CCC(=O)N1Cc2cccn2-c2ccccc21)NC1CCCCCCC1. The van der Waals surface area contributed by atoms with Crippen LogP contribution < -0.4 is 10.2 Å². The third-order valence-electron chi connectivity index (χ3n) is 5.92. The molecule has 0 radical (unpaired) electrons. The van der Waals surface area contributed by atoms with Crippen molar-refractivity contribution in [1.82, 2.24) is 9.88 Å². The van der Waals surface area contributed by atoms with Gasteiger partial charge < -0.3 is 14.8 Å². The summed E-state index contributed by atoms with van der Waals surface area (Å²) in [5.41, 5.74) is 3.02. The minimum atomic E-state index is 0.00703. The highest BCUT2D eigenvalue weighted by Gasteiger charge is 2.26. The molecule has 1 aromatic heterocycles. The summed E-state index contributed by atoms with van der Waals surface area (Å²) in [6.45, 7) is 0.549. The van der Waals surface area contributed by atoms with Crippen molar-refractivity contribution >= 4 is 17.5 Å². The Labute approximate surface area is 166 Å². The molecular weight excluding hydrogens is 350 g/mol. The second-order valence-electron chi connectivity index (χ2n) is 7.95. The van der Waals surface area contributed by atoms with Crippen molar-refractivity contribution in [2.75, 3.05) is 4.90 Å². The van der Waals surface area contributed by atoms with Crippen LogP contribution in [0.5, 0.6) is 0 Å². The standard InChI is InChI=1S/C23H29N3O2/c27-22(24-18-9-4-2-1-3-5-10-18)14-15-23(28)26-17-19-11-8-16-25(19)20-12-6-7-13-21(20)26/h6-8,11-13,16,18H,1-5,9-10,14-15,17H2,(H,24,27). The zero-order valence-corrected chi connectivity index (χ0v) is 16.4. The van der Waals surface area contributed by atoms with Crippen LogP contribution in [0.1, 0.15) is 63.5 Å². The van der Waals surface area contributed by atoms with E-state index < -0.39 is 0 Å². The van der Waals surface area contributed by atoms with Crippen molar-refractivity contribution in [1.29, 1.82) is 0 Å². The molecule has 5 heteroatoms. The van der Waals surface area contributed by atoms with Crippen molar-refractivity contribution in [2.45, 2.75) is 70.4 Å². The van der Waals surface area contributed by atoms with Gasteiger partial charge in [0.1, 0.15) is 0 Å². The van der Waals surface area contributed by atoms with E-state index in [4.69, 9.17) is 0 Å². The number of nitrogens with one attached hydrogen (secondary N) is 1. The number of benzene rings is 1. The van der Waals surface area contributed by atoms with E-state index in [-0.39, 0.29) is 30.7 Å². The number of amides is 2. The lowest BCUT2D eigenvalue weighted by Crippen LogP contribution is -2.38. The molecule has 0 atom stereocenters. The number of carbonyl (C=O) groups excluding carboxylic acids is 2. The van der Waals surface area contributed by atoms with Crippen LogP contribution in [-0.2, 0) is 16.1 Å². The highest BCUT2D eigenvalue weighted by atomic mass is 16.2. The molecule has 28 heavy (non-hydrogen) atoms. The summed E-state index contributed by atoms with van der Waals surface area (Å²) in [5, 5.41) is 3.16. The Morgan fingerprint density at radius 3 is 2.39 bits per heavy atom. The fraction of sp³-hybridized carbons (Fsp3) is 0.478. The van der Waals surface area contributed by atoms with E-state index in [0.29, 0.717) is 6.54 Å². The molecule has 2 amide bonds. The van der Waals surface area contributed by atoms with Crippen molar-refractivity contribution in [3.05, 3.63) is 48.3 Å². The van der Waals surface area contributed by atoms with E-state index in [2.05, 4.69) is 9.88 Å². The minimum absolute atomic E-state index is 0.00703. The van der Waals surface area contributed by atoms with E-state index in [0.717, 1.165) is 29.9 Å². The van der Waals surface area contributed by atoms with Gasteiger partial charge in [-0.15, -0.1) is 0 Å². The molecule has 1 N–H and O–H groups in total. The number of hydrogen-bond acceptors (Lipinski definition) is 2. The van der Waals surface area contributed by atoms with Crippen molar-refractivity contribution < 1.29 is 9.59 Å². The molecule has 2 aromatic rings. The average molecular weight is 380 g/mol. The minimum Gasteiger partial charge on any atom is -0.353 e. The van der Waals surface area contributed by atoms with Gasteiger partial charge in [-0.1, -0.05) is 44.2 Å². The smallest absolute Gasteiger partial charge is 0.227 e. The van der Waals surface area contributed by atoms with E-state index in [9.17, 15) is 9.59 Å². The average Bonchev–Trinajstić information content (AvgIpc) is 3.16. The van der Waals surface area contributed by atoms with Crippen LogP contribution in [0.15, 0.2) is 42.6 Å². The zero-order valence-electron chi connectivity index (χ0n) is 16.4. The van der Waals surface area contributed by atoms with Crippen LogP contribution in [0.25, 0.3) is 5.69 Å². The number of carbonyl (C=O) groups is 2. The fourth-order valence-corrected chi connectivity index (χ4v) is 4.40. The first-order valence-electron chi connectivity index (χ1n) is 10.6. The summed E-state index contributed by atoms with van der Waals surface area (Å²) in [7, 11) is 0. The Bertz CT molecular complexity index is 834. The first-order valence-corrected chi connectivity index (χ1v) is 10.6. The lowest BCUT2D eigenvalue weighted by atomic mass is 9.96. The van der Waals surface area contributed by atoms with E-state index in [1.165, 1.54) is 32.1 Å². The van der Waals surface area contributed by atoms with Crippen LogP contribution in [0.4, 0.5) is 5.69 Å². The summed E-state index contributed by atoms with van der Waals surface area (Å²) < 4.78 is 2.13. The van der Waals surface area contributed by atoms with Crippen LogP contribution in [-0.4, -0.2) is 22.4 Å². The molecule has 4 rings (SSSR count). The molecular formula is C23H29N3O2. The molecule has 0 bridgehead atoms. The van der Waals surface area contributed by atoms with Gasteiger partial charge in [-0.3, -0.25) is 9.59 Å². The van der Waals surface area contributed by atoms with Gasteiger partial charge in [-0.2, -0.15) is 0 Å². The molecule has 148 valence electrons. The fourth-order valence-electron chi connectivity index (χ4n) is 4.40. The van der Waals surface area contributed by atoms with Gasteiger partial charge in [0, 0.05) is 30.8 Å². The van der Waals surface area contributed by atoms with Crippen LogP contribution in [0.3, 0.4) is 0 Å². The summed E-state index contributed by atoms with van der Waals surface area (Å²) >= 11 is 0. The summed E-state index contributed by atoms with van der Waals surface area (Å²) in [5.74, 6) is 0.0142. The first kappa shape index (κ1) is 18.8. The van der Waals surface area contributed by atoms with Gasteiger partial charge in [-0.05, 0) is 37.1 Å². The van der Waals surface area contributed by atoms with Gasteiger partial charge in [0.05, 0.1) is 17.9 Å². The summed E-state index contributed by atoms with van der Waals surface area (Å²) in [4.78, 5) is 27.2. The first-order chi connectivity index (χ1) is 13.7. The molecule has 1 aromatic carbocycles. The van der Waals surface area contributed by atoms with Gasteiger partial charge >= 0.3 is 0 Å². The van der Waals surface area contributed by atoms with Gasteiger partial charge in [0.15, 0.2) is 0 Å². The molecule has 0 unspecified atom stereocenters. The summed E-state index contributed by atoms with van der Waals surface area (Å²) in [6.07, 6.45) is 10.9. The highest BCUT2D eigenvalue weighted by molar-refractivity contribution is 5.97. The number of fused-ring (bicyclic) bond motifs is 3. The molecule has 0 spiro atoms. The van der Waals surface area contributed by atoms with E-state index >= 15 is 0 Å². The largest absolute Gasteiger partial charge is 0.353 e. The number of hydrogen-bond donors (Lipinski definition) is 1. The number of rotatable bonds is 4. The van der Waals surface area contributed by atoms with Gasteiger partial charge in [0.2, 0.25) is 11.8 Å². The lowest BCUT2D eigenvalue weighted by molar-refractivity contribution is -0.125. The Balaban J connectivity index is 1.36. The molecule has 1 fully saturated rings. The maximum atomic E-state index is 12.9. The molecule has 1 aliphatic carbocycles. The molecule has 1 saturated carbocycles. The quantitative estimate of drug-likeness (QED) is 0.859. The van der Waals surface area contributed by atoms with Gasteiger partial charge in [0.25, 0.3) is 0 Å². The predicted octanol–water partition coefficient (Wildman–Crippen LogP) is 4.33.